The first-order valence-corrected chi connectivity index (χ1v) is 7.41. The van der Waals surface area contributed by atoms with E-state index in [1.165, 1.54) is 0 Å². The molecule has 4 unspecified atom stereocenters. The number of aliphatic hydroxyl groups is 2. The van der Waals surface area contributed by atoms with Gasteiger partial charge < -0.3 is 20.8 Å². The highest BCUT2D eigenvalue weighted by Gasteiger charge is 2.39. The summed E-state index contributed by atoms with van der Waals surface area (Å²) in [6, 6.07) is 0. The SMILES string of the molecule is O=C1CC(O)C(=O)NC(CCCCC2C(=O)CC(O)C2=O)N1. The van der Waals surface area contributed by atoms with Gasteiger partial charge >= 0.3 is 0 Å². The van der Waals surface area contributed by atoms with Crippen molar-refractivity contribution in [1.29, 1.82) is 0 Å². The molecule has 122 valence electrons. The maximum Gasteiger partial charge on any atom is 0.250 e. The van der Waals surface area contributed by atoms with Crippen molar-refractivity contribution < 1.29 is 29.4 Å². The number of unbranched alkanes of at least 4 members (excludes halogenated alkanes) is 1. The predicted molar refractivity (Wildman–Crippen MR) is 73.3 cm³/mol. The van der Waals surface area contributed by atoms with E-state index in [4.69, 9.17) is 0 Å². The molecule has 4 atom stereocenters. The lowest BCUT2D eigenvalue weighted by atomic mass is 9.97. The normalized spacial score (nSPS) is 32.6. The van der Waals surface area contributed by atoms with Gasteiger partial charge in [-0.15, -0.1) is 0 Å². The van der Waals surface area contributed by atoms with Crippen LogP contribution >= 0.6 is 0 Å². The van der Waals surface area contributed by atoms with Crippen LogP contribution in [0.4, 0.5) is 0 Å². The third-order valence-corrected chi connectivity index (χ3v) is 4.02. The second-order valence-electron chi connectivity index (χ2n) is 5.77. The average Bonchev–Trinajstić information content (AvgIpc) is 2.60. The number of amides is 2. The highest BCUT2D eigenvalue weighted by atomic mass is 16.3. The number of hydrogen-bond acceptors (Lipinski definition) is 6. The van der Waals surface area contributed by atoms with Crippen molar-refractivity contribution in [3.05, 3.63) is 0 Å². The summed E-state index contributed by atoms with van der Waals surface area (Å²) in [6.45, 7) is 0. The fourth-order valence-electron chi connectivity index (χ4n) is 2.79. The Hall–Kier alpha value is -1.80. The fourth-order valence-corrected chi connectivity index (χ4v) is 2.79. The first-order valence-electron chi connectivity index (χ1n) is 7.41. The number of Topliss-reactive ketones (excluding diaryl/α,β-unsaturated/α-hetero) is 2. The summed E-state index contributed by atoms with van der Waals surface area (Å²) in [6.07, 6.45) is -1.44. The maximum absolute atomic E-state index is 11.6. The molecule has 1 aliphatic heterocycles. The van der Waals surface area contributed by atoms with Crippen LogP contribution in [0.5, 0.6) is 0 Å². The van der Waals surface area contributed by atoms with Crippen LogP contribution < -0.4 is 10.6 Å². The van der Waals surface area contributed by atoms with E-state index in [0.29, 0.717) is 25.7 Å². The second kappa shape index (κ2) is 6.97. The monoisotopic (exact) mass is 312 g/mol. The molecule has 8 nitrogen and oxygen atoms in total. The Bertz CT molecular complexity index is 492. The van der Waals surface area contributed by atoms with Gasteiger partial charge in [-0.3, -0.25) is 19.2 Å². The molecule has 8 heteroatoms. The van der Waals surface area contributed by atoms with Crippen LogP contribution in [0, 0.1) is 5.92 Å². The number of nitrogens with one attached hydrogen (secondary N) is 2. The van der Waals surface area contributed by atoms with Crippen LogP contribution in [0.25, 0.3) is 0 Å². The topological polar surface area (TPSA) is 133 Å². The summed E-state index contributed by atoms with van der Waals surface area (Å²) >= 11 is 0. The van der Waals surface area contributed by atoms with Gasteiger partial charge in [-0.2, -0.15) is 0 Å². The Balaban J connectivity index is 1.74. The van der Waals surface area contributed by atoms with Crippen molar-refractivity contribution in [1.82, 2.24) is 10.6 Å². The van der Waals surface area contributed by atoms with Gasteiger partial charge in [-0.05, 0) is 19.3 Å². The molecule has 0 aromatic heterocycles. The molecule has 1 aliphatic carbocycles. The molecule has 22 heavy (non-hydrogen) atoms. The molecule has 1 saturated carbocycles. The lowest BCUT2D eigenvalue weighted by molar-refractivity contribution is -0.132. The first-order chi connectivity index (χ1) is 10.4. The third-order valence-electron chi connectivity index (χ3n) is 4.02. The van der Waals surface area contributed by atoms with E-state index >= 15 is 0 Å². The van der Waals surface area contributed by atoms with Crippen LogP contribution in [0.2, 0.25) is 0 Å². The van der Waals surface area contributed by atoms with E-state index in [0.717, 1.165) is 0 Å². The molecular formula is C14H20N2O6. The highest BCUT2D eigenvalue weighted by Crippen LogP contribution is 2.24. The van der Waals surface area contributed by atoms with Gasteiger partial charge in [0.2, 0.25) is 5.91 Å². The molecule has 2 rings (SSSR count). The Morgan fingerprint density at radius 1 is 0.909 bits per heavy atom. The Morgan fingerprint density at radius 3 is 2.23 bits per heavy atom. The van der Waals surface area contributed by atoms with Gasteiger partial charge in [0, 0.05) is 6.42 Å². The van der Waals surface area contributed by atoms with Crippen molar-refractivity contribution in [3.63, 3.8) is 0 Å². The summed E-state index contributed by atoms with van der Waals surface area (Å²) < 4.78 is 0. The van der Waals surface area contributed by atoms with Gasteiger partial charge in [0.05, 0.1) is 12.3 Å². The van der Waals surface area contributed by atoms with Crippen LogP contribution in [-0.4, -0.2) is 52.0 Å². The van der Waals surface area contributed by atoms with Crippen molar-refractivity contribution in [2.24, 2.45) is 5.92 Å². The van der Waals surface area contributed by atoms with Gasteiger partial charge in [-0.1, -0.05) is 6.42 Å². The second-order valence-corrected chi connectivity index (χ2v) is 5.77. The largest absolute Gasteiger partial charge is 0.385 e. The Morgan fingerprint density at radius 2 is 1.59 bits per heavy atom. The molecule has 1 saturated heterocycles. The minimum atomic E-state index is -1.33. The molecule has 0 aromatic carbocycles. The molecule has 2 amide bonds. The number of carbonyl (C=O) groups excluding carboxylic acids is 4. The lowest BCUT2D eigenvalue weighted by Crippen LogP contribution is -2.45. The number of rotatable bonds is 5. The van der Waals surface area contributed by atoms with Crippen LogP contribution in [0.1, 0.15) is 38.5 Å². The quantitative estimate of drug-likeness (QED) is 0.356. The number of ketones is 2. The molecule has 2 aliphatic rings. The summed E-state index contributed by atoms with van der Waals surface area (Å²) in [5.41, 5.74) is 0. The summed E-state index contributed by atoms with van der Waals surface area (Å²) in [5, 5.41) is 23.8. The van der Waals surface area contributed by atoms with Crippen molar-refractivity contribution in [3.8, 4) is 0 Å². The molecule has 2 fully saturated rings. The summed E-state index contributed by atoms with van der Waals surface area (Å²) in [7, 11) is 0. The van der Waals surface area contributed by atoms with Gasteiger partial charge in [-0.25, -0.2) is 0 Å². The van der Waals surface area contributed by atoms with Crippen LogP contribution in [0.15, 0.2) is 0 Å². The van der Waals surface area contributed by atoms with E-state index in [2.05, 4.69) is 10.6 Å². The van der Waals surface area contributed by atoms with E-state index in [1.807, 2.05) is 0 Å². The number of carbonyl (C=O) groups is 4. The molecule has 0 bridgehead atoms. The zero-order chi connectivity index (χ0) is 16.3. The first kappa shape index (κ1) is 16.6. The number of hydrogen-bond donors (Lipinski definition) is 4. The maximum atomic E-state index is 11.6. The van der Waals surface area contributed by atoms with E-state index in [9.17, 15) is 29.4 Å². The van der Waals surface area contributed by atoms with E-state index in [-0.39, 0.29) is 18.6 Å². The van der Waals surface area contributed by atoms with Crippen LogP contribution in [-0.2, 0) is 19.2 Å². The summed E-state index contributed by atoms with van der Waals surface area (Å²) in [4.78, 5) is 46.0. The minimum absolute atomic E-state index is 0.101. The van der Waals surface area contributed by atoms with Gasteiger partial charge in [0.15, 0.2) is 5.78 Å². The smallest absolute Gasteiger partial charge is 0.250 e. The standard InChI is InChI=1S/C14H20N2O6/c17-8-5-9(18)13(21)7(8)3-1-2-4-11-15-12(20)6-10(19)14(22)16-11/h7,9-11,18-19H,1-6H2,(H,15,20)(H,16,22). The molecular weight excluding hydrogens is 292 g/mol. The Kier molecular flexibility index (Phi) is 5.25. The third kappa shape index (κ3) is 3.89. The predicted octanol–water partition coefficient (Wildman–Crippen LogP) is -1.61. The molecule has 0 spiro atoms. The van der Waals surface area contributed by atoms with E-state index in [1.54, 1.807) is 0 Å². The lowest BCUT2D eigenvalue weighted by Gasteiger charge is -2.17. The summed E-state index contributed by atoms with van der Waals surface area (Å²) in [5.74, 6) is -2.36. The highest BCUT2D eigenvalue weighted by molar-refractivity contribution is 6.11. The molecule has 0 aromatic rings. The minimum Gasteiger partial charge on any atom is -0.385 e. The Labute approximate surface area is 127 Å². The van der Waals surface area contributed by atoms with Crippen molar-refractivity contribution in [2.75, 3.05) is 0 Å². The van der Waals surface area contributed by atoms with Gasteiger partial charge in [0.1, 0.15) is 24.2 Å². The van der Waals surface area contributed by atoms with E-state index < -0.39 is 41.9 Å². The van der Waals surface area contributed by atoms with Crippen molar-refractivity contribution in [2.45, 2.75) is 56.9 Å². The van der Waals surface area contributed by atoms with Crippen LogP contribution in [0.3, 0.4) is 0 Å². The van der Waals surface area contributed by atoms with Crippen molar-refractivity contribution >= 4 is 23.4 Å². The average molecular weight is 312 g/mol. The molecule has 0 radical (unpaired) electrons. The fraction of sp³-hybridized carbons (Fsp3) is 0.714. The zero-order valence-electron chi connectivity index (χ0n) is 12.1. The molecule has 4 N–H and O–H groups in total. The van der Waals surface area contributed by atoms with Gasteiger partial charge in [0.25, 0.3) is 5.91 Å². The zero-order valence-corrected chi connectivity index (χ0v) is 12.1. The number of aliphatic hydroxyl groups excluding tert-OH is 2. The molecule has 1 heterocycles.